The van der Waals surface area contributed by atoms with Gasteiger partial charge in [0.15, 0.2) is 0 Å². The lowest BCUT2D eigenvalue weighted by Crippen LogP contribution is -2.53. The van der Waals surface area contributed by atoms with Gasteiger partial charge in [0.1, 0.15) is 0 Å². The first-order valence-corrected chi connectivity index (χ1v) is 7.67. The van der Waals surface area contributed by atoms with Crippen molar-refractivity contribution in [1.82, 2.24) is 10.6 Å². The van der Waals surface area contributed by atoms with Gasteiger partial charge in [-0.1, -0.05) is 43.2 Å². The van der Waals surface area contributed by atoms with Crippen LogP contribution in [0.5, 0.6) is 0 Å². The van der Waals surface area contributed by atoms with Gasteiger partial charge in [-0.3, -0.25) is 9.59 Å². The molecule has 24 heavy (non-hydrogen) atoms. The number of amides is 2. The summed E-state index contributed by atoms with van der Waals surface area (Å²) in [6.45, 7) is -1.14. The zero-order chi connectivity index (χ0) is 17.8. The molecule has 1 fully saturated rings. The van der Waals surface area contributed by atoms with Crippen molar-refractivity contribution in [3.8, 4) is 0 Å². The second kappa shape index (κ2) is 7.21. The third-order valence-corrected chi connectivity index (χ3v) is 4.12. The maximum Gasteiger partial charge on any atom is 0.423 e. The lowest BCUT2D eigenvalue weighted by molar-refractivity contribution is -0.264. The molecular weight excluding hydrogens is 325 g/mol. The lowest BCUT2D eigenvalue weighted by atomic mass is 9.93. The molecule has 8 heteroatoms. The summed E-state index contributed by atoms with van der Waals surface area (Å²) in [5.41, 5.74) is -3.67. The van der Waals surface area contributed by atoms with Crippen molar-refractivity contribution >= 4 is 11.8 Å². The number of halogens is 3. The minimum Gasteiger partial charge on any atom is -0.375 e. The van der Waals surface area contributed by atoms with Crippen molar-refractivity contribution < 1.29 is 27.9 Å². The van der Waals surface area contributed by atoms with Gasteiger partial charge < -0.3 is 15.7 Å². The summed E-state index contributed by atoms with van der Waals surface area (Å²) < 4.78 is 39.8. The number of rotatable bonds is 4. The molecule has 2 amide bonds. The minimum absolute atomic E-state index is 0.126. The Labute approximate surface area is 137 Å². The molecule has 1 atom stereocenters. The summed E-state index contributed by atoms with van der Waals surface area (Å²) in [6, 6.07) is 6.30. The van der Waals surface area contributed by atoms with Crippen molar-refractivity contribution in [3.05, 3.63) is 35.9 Å². The van der Waals surface area contributed by atoms with Crippen LogP contribution in [0, 0.1) is 0 Å². The van der Waals surface area contributed by atoms with Crippen LogP contribution < -0.4 is 10.6 Å². The number of nitrogens with one attached hydrogen (secondary N) is 2. The Balaban J connectivity index is 2.02. The van der Waals surface area contributed by atoms with Crippen LogP contribution in [0.4, 0.5) is 13.2 Å². The predicted molar refractivity (Wildman–Crippen MR) is 79.8 cm³/mol. The number of carbonyl (C=O) groups excluding carboxylic acids is 2. The molecule has 1 aromatic rings. The Morgan fingerprint density at radius 3 is 2.21 bits per heavy atom. The van der Waals surface area contributed by atoms with E-state index in [9.17, 15) is 27.9 Å². The number of hydrogen-bond acceptors (Lipinski definition) is 3. The Kier molecular flexibility index (Phi) is 5.48. The van der Waals surface area contributed by atoms with Gasteiger partial charge in [-0.15, -0.1) is 0 Å². The molecule has 1 saturated carbocycles. The van der Waals surface area contributed by atoms with Gasteiger partial charge in [0, 0.05) is 6.04 Å². The van der Waals surface area contributed by atoms with Crippen molar-refractivity contribution in [2.75, 3.05) is 6.54 Å². The molecule has 1 aliphatic rings. The number of carbonyl (C=O) groups is 2. The maximum absolute atomic E-state index is 13.3. The molecule has 3 N–H and O–H groups in total. The normalized spacial score (nSPS) is 18.0. The number of aliphatic hydroxyl groups is 1. The number of hydrogen-bond donors (Lipinski definition) is 3. The molecule has 5 nitrogen and oxygen atoms in total. The maximum atomic E-state index is 13.3. The highest BCUT2D eigenvalue weighted by molar-refractivity contribution is 6.35. The van der Waals surface area contributed by atoms with E-state index in [2.05, 4.69) is 5.32 Å². The smallest absolute Gasteiger partial charge is 0.375 e. The van der Waals surface area contributed by atoms with Crippen molar-refractivity contribution in [1.29, 1.82) is 0 Å². The Hall–Kier alpha value is -2.09. The van der Waals surface area contributed by atoms with Gasteiger partial charge >= 0.3 is 18.0 Å². The van der Waals surface area contributed by atoms with Crippen LogP contribution in [0.15, 0.2) is 30.3 Å². The molecule has 0 bridgehead atoms. The summed E-state index contributed by atoms with van der Waals surface area (Å²) in [6.07, 6.45) is -1.64. The fraction of sp³-hybridized carbons (Fsp3) is 0.500. The average Bonchev–Trinajstić information content (AvgIpc) is 3.04. The highest BCUT2D eigenvalue weighted by atomic mass is 19.4. The van der Waals surface area contributed by atoms with E-state index in [0.29, 0.717) is 0 Å². The molecule has 0 aliphatic heterocycles. The van der Waals surface area contributed by atoms with Crippen LogP contribution >= 0.6 is 0 Å². The first kappa shape index (κ1) is 18.3. The molecule has 0 heterocycles. The number of alkyl halides is 3. The molecule has 2 rings (SSSR count). The Bertz CT molecular complexity index is 586. The zero-order valence-corrected chi connectivity index (χ0v) is 12.9. The summed E-state index contributed by atoms with van der Waals surface area (Å²) in [4.78, 5) is 23.5. The van der Waals surface area contributed by atoms with Crippen LogP contribution in [0.2, 0.25) is 0 Å². The number of benzene rings is 1. The average molecular weight is 344 g/mol. The minimum atomic E-state index is -5.01. The molecule has 0 radical (unpaired) electrons. The first-order valence-electron chi connectivity index (χ1n) is 7.67. The molecule has 0 saturated heterocycles. The van der Waals surface area contributed by atoms with Gasteiger partial charge in [-0.25, -0.2) is 0 Å². The summed E-state index contributed by atoms with van der Waals surface area (Å²) in [5.74, 6) is -2.18. The molecule has 1 aromatic carbocycles. The third kappa shape index (κ3) is 4.05. The molecule has 0 unspecified atom stereocenters. The molecular formula is C16H19F3N2O3. The lowest BCUT2D eigenvalue weighted by Gasteiger charge is -2.31. The molecule has 1 aliphatic carbocycles. The van der Waals surface area contributed by atoms with Gasteiger partial charge in [0.05, 0.1) is 6.54 Å². The molecule has 132 valence electrons. The van der Waals surface area contributed by atoms with E-state index in [1.54, 1.807) is 0 Å². The monoisotopic (exact) mass is 344 g/mol. The van der Waals surface area contributed by atoms with E-state index in [0.717, 1.165) is 37.8 Å². The van der Waals surface area contributed by atoms with E-state index in [-0.39, 0.29) is 6.04 Å². The topological polar surface area (TPSA) is 78.4 Å². The van der Waals surface area contributed by atoms with Crippen molar-refractivity contribution in [3.63, 3.8) is 0 Å². The van der Waals surface area contributed by atoms with Gasteiger partial charge in [0.25, 0.3) is 0 Å². The van der Waals surface area contributed by atoms with Gasteiger partial charge in [-0.05, 0) is 18.4 Å². The molecule has 0 spiro atoms. The van der Waals surface area contributed by atoms with E-state index in [1.165, 1.54) is 18.2 Å². The Morgan fingerprint density at radius 1 is 1.08 bits per heavy atom. The zero-order valence-electron chi connectivity index (χ0n) is 12.9. The highest BCUT2D eigenvalue weighted by Gasteiger charge is 2.55. The predicted octanol–water partition coefficient (Wildman–Crippen LogP) is 1.61. The second-order valence-corrected chi connectivity index (χ2v) is 5.86. The van der Waals surface area contributed by atoms with Crippen LogP contribution in [0.1, 0.15) is 31.2 Å². The fourth-order valence-electron chi connectivity index (χ4n) is 2.69. The third-order valence-electron chi connectivity index (χ3n) is 4.12. The summed E-state index contributed by atoms with van der Waals surface area (Å²) >= 11 is 0. The van der Waals surface area contributed by atoms with Gasteiger partial charge in [0.2, 0.25) is 5.60 Å². The SMILES string of the molecule is O=C(NC[C@@](O)(c1ccccc1)C(F)(F)F)C(=O)NC1CCCC1. The van der Waals surface area contributed by atoms with Crippen molar-refractivity contribution in [2.45, 2.75) is 43.5 Å². The van der Waals surface area contributed by atoms with Crippen LogP contribution in [0.25, 0.3) is 0 Å². The van der Waals surface area contributed by atoms with Crippen molar-refractivity contribution in [2.24, 2.45) is 0 Å². The van der Waals surface area contributed by atoms with E-state index < -0.39 is 35.7 Å². The quantitative estimate of drug-likeness (QED) is 0.726. The van der Waals surface area contributed by atoms with Crippen LogP contribution in [-0.2, 0) is 15.2 Å². The largest absolute Gasteiger partial charge is 0.423 e. The van der Waals surface area contributed by atoms with E-state index >= 15 is 0 Å². The van der Waals surface area contributed by atoms with Gasteiger partial charge in [-0.2, -0.15) is 13.2 Å². The van der Waals surface area contributed by atoms with E-state index in [4.69, 9.17) is 0 Å². The molecule has 0 aromatic heterocycles. The summed E-state index contributed by atoms with van der Waals surface area (Å²) in [7, 11) is 0. The second-order valence-electron chi connectivity index (χ2n) is 5.86. The first-order chi connectivity index (χ1) is 11.2. The standard InChI is InChI=1S/C16H19F3N2O3/c17-16(18,19)15(24,11-6-2-1-3-7-11)10-20-13(22)14(23)21-12-8-4-5-9-12/h1-3,6-7,12,24H,4-5,8-10H2,(H,20,22)(H,21,23)/t15-/m1/s1. The Morgan fingerprint density at radius 2 is 1.67 bits per heavy atom. The highest BCUT2D eigenvalue weighted by Crippen LogP contribution is 2.38. The summed E-state index contributed by atoms with van der Waals surface area (Å²) in [5, 5.41) is 14.4. The van der Waals surface area contributed by atoms with Crippen LogP contribution in [-0.4, -0.2) is 35.7 Å². The fourth-order valence-corrected chi connectivity index (χ4v) is 2.69. The van der Waals surface area contributed by atoms with E-state index in [1.807, 2.05) is 5.32 Å². The van der Waals surface area contributed by atoms with Crippen LogP contribution in [0.3, 0.4) is 0 Å².